The quantitative estimate of drug-likeness (QED) is 0.285. The van der Waals surface area contributed by atoms with Crippen molar-refractivity contribution >= 4 is 23.6 Å². The number of amides is 2. The van der Waals surface area contributed by atoms with Crippen molar-refractivity contribution in [2.75, 3.05) is 5.75 Å². The fourth-order valence-corrected chi connectivity index (χ4v) is 5.84. The van der Waals surface area contributed by atoms with Crippen molar-refractivity contribution in [2.45, 2.75) is 69.3 Å². The molecule has 0 radical (unpaired) electrons. The standard InChI is InChI=1S/C32H38N2O2S/c35-31(21-22-37-25-28-17-9-3-10-18-28)34(24-27-15-7-2-8-16-27)30(23-26-13-5-1-6-14-26)32(36)33-29-19-11-4-12-20-29/h1-3,5-10,13-18,29-30H,4,11-12,19-25H2,(H,33,36). The largest absolute Gasteiger partial charge is 0.352 e. The van der Waals surface area contributed by atoms with Crippen molar-refractivity contribution in [3.63, 3.8) is 0 Å². The summed E-state index contributed by atoms with van der Waals surface area (Å²) in [4.78, 5) is 29.3. The van der Waals surface area contributed by atoms with Crippen LogP contribution in [0.5, 0.6) is 0 Å². The van der Waals surface area contributed by atoms with Gasteiger partial charge in [-0.25, -0.2) is 0 Å². The summed E-state index contributed by atoms with van der Waals surface area (Å²) < 4.78 is 0. The molecule has 0 heterocycles. The molecule has 0 spiro atoms. The minimum Gasteiger partial charge on any atom is -0.352 e. The summed E-state index contributed by atoms with van der Waals surface area (Å²) in [6.45, 7) is 0.429. The van der Waals surface area contributed by atoms with Gasteiger partial charge in [0.1, 0.15) is 6.04 Å². The highest BCUT2D eigenvalue weighted by Crippen LogP contribution is 2.21. The Hall–Kier alpha value is -3.05. The van der Waals surface area contributed by atoms with E-state index in [9.17, 15) is 9.59 Å². The molecule has 2 amide bonds. The van der Waals surface area contributed by atoms with Crippen molar-refractivity contribution in [2.24, 2.45) is 0 Å². The van der Waals surface area contributed by atoms with Gasteiger partial charge in [-0.1, -0.05) is 110 Å². The van der Waals surface area contributed by atoms with Crippen LogP contribution in [-0.4, -0.2) is 34.6 Å². The van der Waals surface area contributed by atoms with Gasteiger partial charge in [0.05, 0.1) is 0 Å². The van der Waals surface area contributed by atoms with Gasteiger partial charge >= 0.3 is 0 Å². The molecule has 3 aromatic carbocycles. The normalized spacial score (nSPS) is 14.6. The minimum atomic E-state index is -0.545. The number of hydrogen-bond donors (Lipinski definition) is 1. The second-order valence-corrected chi connectivity index (χ2v) is 10.9. The first-order chi connectivity index (χ1) is 18.2. The average molecular weight is 515 g/mol. The zero-order valence-corrected chi connectivity index (χ0v) is 22.4. The molecule has 5 heteroatoms. The van der Waals surface area contributed by atoms with E-state index in [4.69, 9.17) is 0 Å². The van der Waals surface area contributed by atoms with Gasteiger partial charge in [-0.05, 0) is 29.5 Å². The zero-order chi connectivity index (χ0) is 25.7. The Morgan fingerprint density at radius 1 is 0.784 bits per heavy atom. The molecule has 0 saturated heterocycles. The van der Waals surface area contributed by atoms with Crippen LogP contribution in [0.15, 0.2) is 91.0 Å². The summed E-state index contributed by atoms with van der Waals surface area (Å²) in [5.41, 5.74) is 3.36. The van der Waals surface area contributed by atoms with Crippen LogP contribution in [0.1, 0.15) is 55.2 Å². The van der Waals surface area contributed by atoms with Gasteiger partial charge in [0, 0.05) is 36.9 Å². The van der Waals surface area contributed by atoms with Gasteiger partial charge in [0.2, 0.25) is 11.8 Å². The molecule has 37 heavy (non-hydrogen) atoms. The Balaban J connectivity index is 1.50. The Morgan fingerprint density at radius 3 is 1.97 bits per heavy atom. The molecule has 1 N–H and O–H groups in total. The van der Waals surface area contributed by atoms with Crippen molar-refractivity contribution in [3.8, 4) is 0 Å². The monoisotopic (exact) mass is 514 g/mol. The summed E-state index contributed by atoms with van der Waals surface area (Å²) in [5, 5.41) is 3.31. The van der Waals surface area contributed by atoms with Crippen LogP contribution in [0.25, 0.3) is 0 Å². The van der Waals surface area contributed by atoms with E-state index in [1.165, 1.54) is 12.0 Å². The first-order valence-electron chi connectivity index (χ1n) is 13.5. The smallest absolute Gasteiger partial charge is 0.243 e. The number of thioether (sulfide) groups is 1. The number of rotatable bonds is 12. The molecule has 1 aliphatic carbocycles. The Kier molecular flexibility index (Phi) is 10.7. The summed E-state index contributed by atoms with van der Waals surface area (Å²) in [6.07, 6.45) is 6.50. The molecule has 1 unspecified atom stereocenters. The molecular formula is C32H38N2O2S. The van der Waals surface area contributed by atoms with Crippen LogP contribution in [0, 0.1) is 0 Å². The van der Waals surface area contributed by atoms with E-state index in [0.29, 0.717) is 19.4 Å². The maximum atomic E-state index is 13.8. The van der Waals surface area contributed by atoms with Gasteiger partial charge in [-0.3, -0.25) is 9.59 Å². The highest BCUT2D eigenvalue weighted by atomic mass is 32.2. The first kappa shape index (κ1) is 27.0. The number of benzene rings is 3. The number of nitrogens with one attached hydrogen (secondary N) is 1. The lowest BCUT2D eigenvalue weighted by atomic mass is 9.94. The van der Waals surface area contributed by atoms with Crippen LogP contribution >= 0.6 is 11.8 Å². The molecule has 0 aromatic heterocycles. The summed E-state index contributed by atoms with van der Waals surface area (Å²) in [7, 11) is 0. The second kappa shape index (κ2) is 14.6. The fourth-order valence-electron chi connectivity index (χ4n) is 4.95. The highest BCUT2D eigenvalue weighted by Gasteiger charge is 2.31. The third-order valence-corrected chi connectivity index (χ3v) is 8.02. The molecule has 0 bridgehead atoms. The molecule has 1 aliphatic rings. The predicted octanol–water partition coefficient (Wildman–Crippen LogP) is 6.40. The highest BCUT2D eigenvalue weighted by molar-refractivity contribution is 7.98. The van der Waals surface area contributed by atoms with Gasteiger partial charge in [-0.15, -0.1) is 0 Å². The molecule has 194 valence electrons. The van der Waals surface area contributed by atoms with Gasteiger partial charge in [0.15, 0.2) is 0 Å². The second-order valence-electron chi connectivity index (χ2n) is 9.84. The molecule has 0 aliphatic heterocycles. The summed E-state index contributed by atoms with van der Waals surface area (Å²) in [5.74, 6) is 1.60. The van der Waals surface area contributed by atoms with Crippen LogP contribution in [0.3, 0.4) is 0 Å². The molecular weight excluding hydrogens is 476 g/mol. The van der Waals surface area contributed by atoms with Crippen molar-refractivity contribution in [1.29, 1.82) is 0 Å². The molecule has 4 nitrogen and oxygen atoms in total. The maximum absolute atomic E-state index is 13.8. The molecule has 1 saturated carbocycles. The van der Waals surface area contributed by atoms with E-state index in [1.54, 1.807) is 11.8 Å². The first-order valence-corrected chi connectivity index (χ1v) is 14.6. The third-order valence-electron chi connectivity index (χ3n) is 6.99. The Labute approximate surface area is 225 Å². The number of carbonyl (C=O) groups excluding carboxylic acids is 2. The van der Waals surface area contributed by atoms with Crippen LogP contribution in [0.2, 0.25) is 0 Å². The summed E-state index contributed by atoms with van der Waals surface area (Å²) >= 11 is 1.76. The number of hydrogen-bond acceptors (Lipinski definition) is 3. The number of nitrogens with zero attached hydrogens (tertiary/aromatic N) is 1. The SMILES string of the molecule is O=C(NC1CCCCC1)C(Cc1ccccc1)N(Cc1ccccc1)C(=O)CCSCc1ccccc1. The van der Waals surface area contributed by atoms with Gasteiger partial charge in [-0.2, -0.15) is 11.8 Å². The lowest BCUT2D eigenvalue weighted by molar-refractivity contribution is -0.141. The van der Waals surface area contributed by atoms with E-state index in [2.05, 4.69) is 17.4 Å². The van der Waals surface area contributed by atoms with Crippen molar-refractivity contribution < 1.29 is 9.59 Å². The Bertz CT molecular complexity index is 1090. The van der Waals surface area contributed by atoms with Crippen LogP contribution in [-0.2, 0) is 28.3 Å². The lowest BCUT2D eigenvalue weighted by Crippen LogP contribution is -2.52. The van der Waals surface area contributed by atoms with Gasteiger partial charge < -0.3 is 10.2 Å². The maximum Gasteiger partial charge on any atom is 0.243 e. The predicted molar refractivity (Wildman–Crippen MR) is 153 cm³/mol. The fraction of sp³-hybridized carbons (Fsp3) is 0.375. The van der Waals surface area contributed by atoms with E-state index < -0.39 is 6.04 Å². The molecule has 1 atom stereocenters. The minimum absolute atomic E-state index is 0.0306. The van der Waals surface area contributed by atoms with E-state index in [1.807, 2.05) is 83.8 Å². The summed E-state index contributed by atoms with van der Waals surface area (Å²) in [6, 6.07) is 30.1. The van der Waals surface area contributed by atoms with E-state index in [-0.39, 0.29) is 17.9 Å². The lowest BCUT2D eigenvalue weighted by Gasteiger charge is -2.33. The van der Waals surface area contributed by atoms with E-state index >= 15 is 0 Å². The van der Waals surface area contributed by atoms with Crippen molar-refractivity contribution in [3.05, 3.63) is 108 Å². The average Bonchev–Trinajstić information content (AvgIpc) is 2.95. The Morgan fingerprint density at radius 2 is 1.35 bits per heavy atom. The van der Waals surface area contributed by atoms with Gasteiger partial charge in [0.25, 0.3) is 0 Å². The topological polar surface area (TPSA) is 49.4 Å². The van der Waals surface area contributed by atoms with Crippen molar-refractivity contribution in [1.82, 2.24) is 10.2 Å². The molecule has 3 aromatic rings. The third kappa shape index (κ3) is 8.78. The van der Waals surface area contributed by atoms with Crippen LogP contribution < -0.4 is 5.32 Å². The number of carbonyl (C=O) groups is 2. The molecule has 4 rings (SSSR count). The van der Waals surface area contributed by atoms with E-state index in [0.717, 1.165) is 48.3 Å². The zero-order valence-electron chi connectivity index (χ0n) is 21.6. The van der Waals surface area contributed by atoms with Crippen LogP contribution in [0.4, 0.5) is 0 Å². The molecule has 1 fully saturated rings.